The maximum atomic E-state index is 12.8. The van der Waals surface area contributed by atoms with Gasteiger partial charge >= 0.3 is 5.97 Å². The van der Waals surface area contributed by atoms with E-state index in [1.165, 1.54) is 4.31 Å². The van der Waals surface area contributed by atoms with Gasteiger partial charge in [-0.15, -0.1) is 0 Å². The van der Waals surface area contributed by atoms with Crippen molar-refractivity contribution in [3.8, 4) is 0 Å². The summed E-state index contributed by atoms with van der Waals surface area (Å²) in [6.45, 7) is 4.07. The van der Waals surface area contributed by atoms with Gasteiger partial charge in [-0.1, -0.05) is 5.16 Å². The number of aliphatic carboxylic acids is 1. The van der Waals surface area contributed by atoms with E-state index in [1.807, 2.05) is 0 Å². The fraction of sp³-hybridized carbons (Fsp3) is 0.500. The third-order valence-electron chi connectivity index (χ3n) is 3.97. The zero-order chi connectivity index (χ0) is 17.5. The molecule has 2 aromatic rings. The van der Waals surface area contributed by atoms with Gasteiger partial charge in [-0.25, -0.2) is 8.42 Å². The summed E-state index contributed by atoms with van der Waals surface area (Å²) in [5, 5.41) is 16.8. The Morgan fingerprint density at radius 1 is 1.38 bits per heavy atom. The van der Waals surface area contributed by atoms with Gasteiger partial charge in [-0.3, -0.25) is 9.48 Å². The molecule has 130 valence electrons. The molecule has 0 atom stereocenters. The van der Waals surface area contributed by atoms with Crippen molar-refractivity contribution >= 4 is 16.0 Å². The fourth-order valence-electron chi connectivity index (χ4n) is 2.84. The van der Waals surface area contributed by atoms with Crippen LogP contribution in [0.1, 0.15) is 29.3 Å². The first-order chi connectivity index (χ1) is 11.3. The first-order valence-corrected chi connectivity index (χ1v) is 8.93. The van der Waals surface area contributed by atoms with Crippen LogP contribution in [0, 0.1) is 13.8 Å². The molecule has 0 amide bonds. The lowest BCUT2D eigenvalue weighted by atomic mass is 10.2. The fourth-order valence-corrected chi connectivity index (χ4v) is 4.53. The monoisotopic (exact) mass is 354 g/mol. The highest BCUT2D eigenvalue weighted by Gasteiger charge is 2.33. The average Bonchev–Trinajstić information content (AvgIpc) is 3.07. The van der Waals surface area contributed by atoms with Crippen LogP contribution >= 0.6 is 0 Å². The van der Waals surface area contributed by atoms with Gasteiger partial charge in [-0.05, 0) is 19.9 Å². The van der Waals surface area contributed by atoms with Crippen LogP contribution in [0.15, 0.2) is 15.5 Å². The lowest BCUT2D eigenvalue weighted by Gasteiger charge is -2.26. The van der Waals surface area contributed by atoms with Crippen LogP contribution in [0.2, 0.25) is 0 Å². The van der Waals surface area contributed by atoms with E-state index in [1.54, 1.807) is 24.6 Å². The molecule has 0 aliphatic carbocycles. The van der Waals surface area contributed by atoms with Gasteiger partial charge in [0, 0.05) is 13.0 Å². The Bertz CT molecular complexity index is 864. The van der Waals surface area contributed by atoms with Gasteiger partial charge in [0.2, 0.25) is 10.0 Å². The highest BCUT2D eigenvalue weighted by Crippen LogP contribution is 2.26. The Morgan fingerprint density at radius 3 is 2.75 bits per heavy atom. The zero-order valence-corrected chi connectivity index (χ0v) is 14.2. The van der Waals surface area contributed by atoms with Gasteiger partial charge in [-0.2, -0.15) is 9.40 Å². The number of hydrogen-bond donors (Lipinski definition) is 1. The van der Waals surface area contributed by atoms with Crippen LogP contribution in [0.4, 0.5) is 0 Å². The first kappa shape index (κ1) is 16.7. The lowest BCUT2D eigenvalue weighted by molar-refractivity contribution is -0.136. The minimum absolute atomic E-state index is 0.00244. The SMILES string of the molecule is Cc1noc(C)c1S(=O)(=O)N1CCn2nc(CCC(=O)O)cc2C1. The molecule has 9 nitrogen and oxygen atoms in total. The molecule has 0 aromatic carbocycles. The van der Waals surface area contributed by atoms with E-state index in [-0.39, 0.29) is 23.6 Å². The van der Waals surface area contributed by atoms with E-state index in [4.69, 9.17) is 9.63 Å². The number of hydrogen-bond acceptors (Lipinski definition) is 6. The smallest absolute Gasteiger partial charge is 0.303 e. The summed E-state index contributed by atoms with van der Waals surface area (Å²) >= 11 is 0. The second-order valence-corrected chi connectivity index (χ2v) is 7.61. The van der Waals surface area contributed by atoms with Crippen LogP contribution in [-0.2, 0) is 34.3 Å². The lowest BCUT2D eigenvalue weighted by Crippen LogP contribution is -2.38. The van der Waals surface area contributed by atoms with Crippen molar-refractivity contribution in [3.05, 3.63) is 28.9 Å². The summed E-state index contributed by atoms with van der Waals surface area (Å²) in [5.41, 5.74) is 1.75. The van der Waals surface area contributed by atoms with E-state index in [2.05, 4.69) is 10.3 Å². The summed E-state index contributed by atoms with van der Waals surface area (Å²) in [4.78, 5) is 10.8. The molecule has 0 fully saturated rings. The number of aryl methyl sites for hydroxylation is 3. The van der Waals surface area contributed by atoms with Crippen LogP contribution in [0.5, 0.6) is 0 Å². The molecular weight excluding hydrogens is 336 g/mol. The van der Waals surface area contributed by atoms with Gasteiger partial charge in [0.25, 0.3) is 0 Å². The predicted molar refractivity (Wildman–Crippen MR) is 81.8 cm³/mol. The van der Waals surface area contributed by atoms with Crippen molar-refractivity contribution in [2.45, 2.75) is 44.7 Å². The number of nitrogens with zero attached hydrogens (tertiary/aromatic N) is 4. The molecule has 10 heteroatoms. The quantitative estimate of drug-likeness (QED) is 0.840. The zero-order valence-electron chi connectivity index (χ0n) is 13.4. The largest absolute Gasteiger partial charge is 0.481 e. The Hall–Kier alpha value is -2.20. The third-order valence-corrected chi connectivity index (χ3v) is 6.06. The Morgan fingerprint density at radius 2 is 2.12 bits per heavy atom. The summed E-state index contributed by atoms with van der Waals surface area (Å²) in [6.07, 6.45) is 0.323. The number of carboxylic acid groups (broad SMARTS) is 1. The molecule has 3 rings (SSSR count). The van der Waals surface area contributed by atoms with Crippen molar-refractivity contribution in [3.63, 3.8) is 0 Å². The maximum Gasteiger partial charge on any atom is 0.303 e. The Kier molecular flexibility index (Phi) is 4.18. The summed E-state index contributed by atoms with van der Waals surface area (Å²) in [5.74, 6) is -0.614. The predicted octanol–water partition coefficient (Wildman–Crippen LogP) is 0.710. The molecule has 0 saturated heterocycles. The normalized spacial score (nSPS) is 15.4. The van der Waals surface area contributed by atoms with Gasteiger partial charge in [0.1, 0.15) is 10.6 Å². The van der Waals surface area contributed by atoms with Gasteiger partial charge in [0.15, 0.2) is 5.76 Å². The molecule has 1 N–H and O–H groups in total. The number of sulfonamides is 1. The van der Waals surface area contributed by atoms with Crippen molar-refractivity contribution in [1.29, 1.82) is 0 Å². The molecule has 0 unspecified atom stereocenters. The van der Waals surface area contributed by atoms with Gasteiger partial charge < -0.3 is 9.63 Å². The standard InChI is InChI=1S/C14H18N4O5S/c1-9-14(10(2)23-16-9)24(21,22)17-5-6-18-12(8-17)7-11(15-18)3-4-13(19)20/h7H,3-6,8H2,1-2H3,(H,19,20). The van der Waals surface area contributed by atoms with Crippen molar-refractivity contribution < 1.29 is 22.8 Å². The van der Waals surface area contributed by atoms with Crippen LogP contribution in [-0.4, -0.2) is 45.3 Å². The van der Waals surface area contributed by atoms with E-state index >= 15 is 0 Å². The molecule has 0 radical (unpaired) electrons. The summed E-state index contributed by atoms with van der Waals surface area (Å²) in [6, 6.07) is 1.76. The molecular formula is C14H18N4O5S. The highest BCUT2D eigenvalue weighted by atomic mass is 32.2. The van der Waals surface area contributed by atoms with E-state index in [9.17, 15) is 13.2 Å². The van der Waals surface area contributed by atoms with Crippen molar-refractivity contribution in [2.24, 2.45) is 0 Å². The van der Waals surface area contributed by atoms with Gasteiger partial charge in [0.05, 0.1) is 30.9 Å². The van der Waals surface area contributed by atoms with Crippen molar-refractivity contribution in [1.82, 2.24) is 19.2 Å². The topological polar surface area (TPSA) is 119 Å². The molecule has 0 bridgehead atoms. The minimum Gasteiger partial charge on any atom is -0.481 e. The number of fused-ring (bicyclic) bond motifs is 1. The Balaban J connectivity index is 1.83. The molecule has 3 heterocycles. The van der Waals surface area contributed by atoms with E-state index in [0.29, 0.717) is 30.9 Å². The molecule has 24 heavy (non-hydrogen) atoms. The third kappa shape index (κ3) is 2.94. The summed E-state index contributed by atoms with van der Waals surface area (Å²) in [7, 11) is -3.70. The summed E-state index contributed by atoms with van der Waals surface area (Å²) < 4.78 is 33.8. The highest BCUT2D eigenvalue weighted by molar-refractivity contribution is 7.89. The Labute approximate surface area is 138 Å². The number of carbonyl (C=O) groups is 1. The molecule has 2 aromatic heterocycles. The maximum absolute atomic E-state index is 12.8. The number of rotatable bonds is 5. The van der Waals surface area contributed by atoms with E-state index < -0.39 is 16.0 Å². The number of aromatic nitrogens is 3. The molecule has 0 saturated carbocycles. The van der Waals surface area contributed by atoms with Crippen molar-refractivity contribution in [2.75, 3.05) is 6.54 Å². The van der Waals surface area contributed by atoms with E-state index in [0.717, 1.165) is 5.69 Å². The molecule has 1 aliphatic heterocycles. The number of carboxylic acids is 1. The van der Waals surface area contributed by atoms with Crippen LogP contribution in [0.3, 0.4) is 0 Å². The second-order valence-electron chi connectivity index (χ2n) is 5.74. The molecule has 1 aliphatic rings. The average molecular weight is 354 g/mol. The minimum atomic E-state index is -3.70. The van der Waals surface area contributed by atoms with Crippen LogP contribution < -0.4 is 0 Å². The van der Waals surface area contributed by atoms with Crippen LogP contribution in [0.25, 0.3) is 0 Å². The first-order valence-electron chi connectivity index (χ1n) is 7.49. The molecule has 0 spiro atoms. The second kappa shape index (κ2) is 6.02.